The molecule has 3 N–H and O–H groups in total. The van der Waals surface area contributed by atoms with Crippen LogP contribution in [0.4, 0.5) is 4.79 Å². The third kappa shape index (κ3) is 4.01. The quantitative estimate of drug-likeness (QED) is 0.675. The van der Waals surface area contributed by atoms with Crippen LogP contribution < -0.4 is 11.1 Å². The molecule has 0 aliphatic heterocycles. The van der Waals surface area contributed by atoms with Crippen molar-refractivity contribution < 1.29 is 14.3 Å². The van der Waals surface area contributed by atoms with E-state index >= 15 is 0 Å². The molecule has 5 nitrogen and oxygen atoms in total. The second-order valence-corrected chi connectivity index (χ2v) is 3.62. The molecule has 0 unspecified atom stereocenters. The van der Waals surface area contributed by atoms with Gasteiger partial charge >= 0.3 is 6.09 Å². The average molecular weight is 212 g/mol. The summed E-state index contributed by atoms with van der Waals surface area (Å²) in [6.07, 6.45) is 3.52. The zero-order chi connectivity index (χ0) is 11.3. The van der Waals surface area contributed by atoms with Crippen molar-refractivity contribution >= 4 is 12.0 Å². The summed E-state index contributed by atoms with van der Waals surface area (Å²) in [5, 5.41) is 2.81. The van der Waals surface area contributed by atoms with E-state index < -0.39 is 6.09 Å². The van der Waals surface area contributed by atoms with Crippen molar-refractivity contribution in [1.29, 1.82) is 0 Å². The Hall–Kier alpha value is -1.52. The second kappa shape index (κ2) is 5.38. The van der Waals surface area contributed by atoms with E-state index in [4.69, 9.17) is 10.5 Å². The van der Waals surface area contributed by atoms with Gasteiger partial charge in [-0.3, -0.25) is 4.79 Å². The SMILES string of the molecule is C=CC(=O)NC1CCC(OC(N)=O)CC1. The molecule has 1 rings (SSSR count). The van der Waals surface area contributed by atoms with Gasteiger partial charge in [-0.25, -0.2) is 4.79 Å². The van der Waals surface area contributed by atoms with Gasteiger partial charge in [-0.2, -0.15) is 0 Å². The Balaban J connectivity index is 2.26. The lowest BCUT2D eigenvalue weighted by Crippen LogP contribution is -2.39. The van der Waals surface area contributed by atoms with Crippen LogP contribution in [0.15, 0.2) is 12.7 Å². The van der Waals surface area contributed by atoms with Crippen LogP contribution in [0.2, 0.25) is 0 Å². The summed E-state index contributed by atoms with van der Waals surface area (Å²) < 4.78 is 4.88. The van der Waals surface area contributed by atoms with Gasteiger partial charge in [-0.05, 0) is 31.8 Å². The number of primary amides is 1. The summed E-state index contributed by atoms with van der Waals surface area (Å²) in [7, 11) is 0. The molecule has 1 saturated carbocycles. The predicted molar refractivity (Wildman–Crippen MR) is 55.1 cm³/mol. The monoisotopic (exact) mass is 212 g/mol. The van der Waals surface area contributed by atoms with Gasteiger partial charge in [0.05, 0.1) is 0 Å². The minimum absolute atomic E-state index is 0.0978. The number of ether oxygens (including phenoxy) is 1. The topological polar surface area (TPSA) is 81.4 Å². The van der Waals surface area contributed by atoms with E-state index in [9.17, 15) is 9.59 Å². The molecule has 0 aromatic rings. The van der Waals surface area contributed by atoms with E-state index in [2.05, 4.69) is 11.9 Å². The van der Waals surface area contributed by atoms with Crippen LogP contribution >= 0.6 is 0 Å². The zero-order valence-electron chi connectivity index (χ0n) is 8.57. The fourth-order valence-corrected chi connectivity index (χ4v) is 1.75. The van der Waals surface area contributed by atoms with Crippen molar-refractivity contribution in [3.05, 3.63) is 12.7 Å². The Labute approximate surface area is 88.7 Å². The lowest BCUT2D eigenvalue weighted by Gasteiger charge is -2.27. The van der Waals surface area contributed by atoms with Gasteiger partial charge in [0.2, 0.25) is 5.91 Å². The first-order valence-electron chi connectivity index (χ1n) is 5.01. The van der Waals surface area contributed by atoms with E-state index in [1.54, 1.807) is 0 Å². The third-order valence-corrected chi connectivity index (χ3v) is 2.49. The van der Waals surface area contributed by atoms with Crippen LogP contribution in [0, 0.1) is 0 Å². The molecule has 1 aliphatic carbocycles. The Bertz CT molecular complexity index is 257. The second-order valence-electron chi connectivity index (χ2n) is 3.62. The summed E-state index contributed by atoms with van der Waals surface area (Å²) in [6, 6.07) is 0.156. The minimum atomic E-state index is -0.728. The maximum atomic E-state index is 11.0. The molecular formula is C10H16N2O3. The highest BCUT2D eigenvalue weighted by Crippen LogP contribution is 2.21. The van der Waals surface area contributed by atoms with Crippen molar-refractivity contribution in [1.82, 2.24) is 5.32 Å². The Morgan fingerprint density at radius 2 is 1.93 bits per heavy atom. The van der Waals surface area contributed by atoms with Crippen molar-refractivity contribution in [3.63, 3.8) is 0 Å². The number of carbonyl (C=O) groups is 2. The molecule has 0 heterocycles. The van der Waals surface area contributed by atoms with Crippen LogP contribution in [-0.2, 0) is 9.53 Å². The summed E-state index contributed by atoms with van der Waals surface area (Å²) in [6.45, 7) is 3.38. The largest absolute Gasteiger partial charge is 0.446 e. The van der Waals surface area contributed by atoms with Crippen molar-refractivity contribution in [2.24, 2.45) is 5.73 Å². The fourth-order valence-electron chi connectivity index (χ4n) is 1.75. The first-order chi connectivity index (χ1) is 7.11. The van der Waals surface area contributed by atoms with Gasteiger partial charge in [-0.15, -0.1) is 0 Å². The predicted octanol–water partition coefficient (Wildman–Crippen LogP) is 0.695. The lowest BCUT2D eigenvalue weighted by molar-refractivity contribution is -0.117. The number of carbonyl (C=O) groups excluding carboxylic acids is 2. The van der Waals surface area contributed by atoms with Crippen LogP contribution in [0.3, 0.4) is 0 Å². The molecule has 0 aromatic carbocycles. The Morgan fingerprint density at radius 3 is 2.40 bits per heavy atom. The first kappa shape index (κ1) is 11.6. The van der Waals surface area contributed by atoms with E-state index in [1.165, 1.54) is 6.08 Å². The highest BCUT2D eigenvalue weighted by molar-refractivity contribution is 5.87. The van der Waals surface area contributed by atoms with Gasteiger partial charge in [0.25, 0.3) is 0 Å². The molecule has 0 saturated heterocycles. The zero-order valence-corrected chi connectivity index (χ0v) is 8.57. The summed E-state index contributed by atoms with van der Waals surface area (Å²) >= 11 is 0. The van der Waals surface area contributed by atoms with E-state index in [0.29, 0.717) is 0 Å². The molecule has 0 aromatic heterocycles. The molecule has 15 heavy (non-hydrogen) atoms. The molecule has 1 aliphatic rings. The Kier molecular flexibility index (Phi) is 4.15. The molecular weight excluding hydrogens is 196 g/mol. The van der Waals surface area contributed by atoms with Gasteiger partial charge in [0, 0.05) is 6.04 Å². The number of hydrogen-bond donors (Lipinski definition) is 2. The molecule has 2 amide bonds. The van der Waals surface area contributed by atoms with Crippen LogP contribution in [0.1, 0.15) is 25.7 Å². The number of amides is 2. The van der Waals surface area contributed by atoms with Gasteiger partial charge < -0.3 is 15.8 Å². The molecule has 1 fully saturated rings. The molecule has 0 spiro atoms. The van der Waals surface area contributed by atoms with Crippen molar-refractivity contribution in [2.75, 3.05) is 0 Å². The lowest BCUT2D eigenvalue weighted by atomic mass is 9.93. The smallest absolute Gasteiger partial charge is 0.404 e. The molecule has 0 bridgehead atoms. The summed E-state index contributed by atoms with van der Waals surface area (Å²) in [5.74, 6) is -0.158. The highest BCUT2D eigenvalue weighted by Gasteiger charge is 2.23. The number of hydrogen-bond acceptors (Lipinski definition) is 3. The highest BCUT2D eigenvalue weighted by atomic mass is 16.6. The summed E-state index contributed by atoms with van der Waals surface area (Å²) in [4.78, 5) is 21.5. The molecule has 5 heteroatoms. The summed E-state index contributed by atoms with van der Waals surface area (Å²) in [5.41, 5.74) is 4.92. The molecule has 84 valence electrons. The normalized spacial score (nSPS) is 25.3. The van der Waals surface area contributed by atoms with Crippen LogP contribution in [0.25, 0.3) is 0 Å². The van der Waals surface area contributed by atoms with Crippen LogP contribution in [-0.4, -0.2) is 24.1 Å². The van der Waals surface area contributed by atoms with Gasteiger partial charge in [-0.1, -0.05) is 6.58 Å². The maximum absolute atomic E-state index is 11.0. The maximum Gasteiger partial charge on any atom is 0.404 e. The van der Waals surface area contributed by atoms with E-state index in [-0.39, 0.29) is 18.1 Å². The minimum Gasteiger partial charge on any atom is -0.446 e. The Morgan fingerprint density at radius 1 is 1.33 bits per heavy atom. The van der Waals surface area contributed by atoms with E-state index in [1.807, 2.05) is 0 Å². The molecule has 0 radical (unpaired) electrons. The third-order valence-electron chi connectivity index (χ3n) is 2.49. The van der Waals surface area contributed by atoms with Gasteiger partial charge in [0.15, 0.2) is 0 Å². The average Bonchev–Trinajstić information content (AvgIpc) is 2.20. The number of nitrogens with one attached hydrogen (secondary N) is 1. The van der Waals surface area contributed by atoms with Gasteiger partial charge in [0.1, 0.15) is 6.10 Å². The standard InChI is InChI=1S/C10H16N2O3/c1-2-9(13)12-7-3-5-8(6-4-7)15-10(11)14/h2,7-8H,1,3-6H2,(H2,11,14)(H,12,13). The molecule has 0 atom stereocenters. The number of nitrogens with two attached hydrogens (primary N) is 1. The van der Waals surface area contributed by atoms with Crippen molar-refractivity contribution in [3.8, 4) is 0 Å². The first-order valence-corrected chi connectivity index (χ1v) is 5.01. The van der Waals surface area contributed by atoms with E-state index in [0.717, 1.165) is 25.7 Å². The van der Waals surface area contributed by atoms with Crippen molar-refractivity contribution in [2.45, 2.75) is 37.8 Å². The van der Waals surface area contributed by atoms with Crippen LogP contribution in [0.5, 0.6) is 0 Å². The fraction of sp³-hybridized carbons (Fsp3) is 0.600. The number of rotatable bonds is 3.